The molecule has 1 heterocycles. The molecule has 0 aliphatic heterocycles. The summed E-state index contributed by atoms with van der Waals surface area (Å²) in [6.45, 7) is 6.39. The maximum absolute atomic E-state index is 13.9. The molecule has 0 radical (unpaired) electrons. The molecule has 0 N–H and O–H groups in total. The third kappa shape index (κ3) is 4.88. The first-order valence-electron chi connectivity index (χ1n) is 12.4. The number of carbonyl (C=O) groups excluding carboxylic acids is 2. The fourth-order valence-electron chi connectivity index (χ4n) is 4.64. The molecule has 0 amide bonds. The van der Waals surface area contributed by atoms with Crippen molar-refractivity contribution < 1.29 is 19.2 Å². The minimum Gasteiger partial charge on any atom is -0.381 e. The van der Waals surface area contributed by atoms with Gasteiger partial charge in [0.2, 0.25) is 0 Å². The van der Waals surface area contributed by atoms with Gasteiger partial charge in [0.15, 0.2) is 0 Å². The summed E-state index contributed by atoms with van der Waals surface area (Å²) < 4.78 is 7.33. The highest BCUT2D eigenvalue weighted by Gasteiger charge is 2.19. The second-order valence-electron chi connectivity index (χ2n) is 8.99. The van der Waals surface area contributed by atoms with Gasteiger partial charge in [-0.1, -0.05) is 47.6 Å². The molecule has 0 unspecified atom stereocenters. The van der Waals surface area contributed by atoms with Crippen molar-refractivity contribution in [2.45, 2.75) is 27.2 Å². The SMILES string of the molecule is CCOCCc1ccc2c(c1)c1cc(/C(C)=N\OC(C)=O)ccc1n2C(=O)c1ccc2ccccc2c1. The van der Waals surface area contributed by atoms with E-state index in [1.54, 1.807) is 11.5 Å². The van der Waals surface area contributed by atoms with Crippen LogP contribution < -0.4 is 0 Å². The number of nitrogens with zero attached hydrogens (tertiary/aromatic N) is 2. The summed E-state index contributed by atoms with van der Waals surface area (Å²) >= 11 is 0. The Morgan fingerprint density at radius 2 is 1.51 bits per heavy atom. The van der Waals surface area contributed by atoms with Crippen molar-refractivity contribution >= 4 is 50.2 Å². The highest BCUT2D eigenvalue weighted by Crippen LogP contribution is 2.32. The predicted molar refractivity (Wildman–Crippen MR) is 147 cm³/mol. The smallest absolute Gasteiger partial charge is 0.331 e. The molecule has 0 spiro atoms. The zero-order valence-electron chi connectivity index (χ0n) is 21.2. The van der Waals surface area contributed by atoms with Crippen molar-refractivity contribution in [1.82, 2.24) is 4.57 Å². The Balaban J connectivity index is 1.67. The molecule has 1 aromatic heterocycles. The average Bonchev–Trinajstić information content (AvgIpc) is 3.24. The lowest BCUT2D eigenvalue weighted by Gasteiger charge is -2.08. The maximum Gasteiger partial charge on any atom is 0.331 e. The van der Waals surface area contributed by atoms with Crippen molar-refractivity contribution in [3.05, 3.63) is 95.6 Å². The van der Waals surface area contributed by atoms with Gasteiger partial charge in [-0.3, -0.25) is 9.36 Å². The monoisotopic (exact) mass is 492 g/mol. The van der Waals surface area contributed by atoms with E-state index in [-0.39, 0.29) is 5.91 Å². The number of fused-ring (bicyclic) bond motifs is 4. The molecule has 4 aromatic carbocycles. The normalized spacial score (nSPS) is 11.9. The van der Waals surface area contributed by atoms with Crippen LogP contribution in [0.25, 0.3) is 32.6 Å². The van der Waals surface area contributed by atoms with Crippen LogP contribution in [-0.2, 0) is 20.8 Å². The summed E-state index contributed by atoms with van der Waals surface area (Å²) in [6, 6.07) is 25.8. The van der Waals surface area contributed by atoms with Gasteiger partial charge in [-0.05, 0) is 78.6 Å². The third-order valence-electron chi connectivity index (χ3n) is 6.50. The van der Waals surface area contributed by atoms with Gasteiger partial charge in [0.1, 0.15) is 0 Å². The summed E-state index contributed by atoms with van der Waals surface area (Å²) in [5.41, 5.74) is 4.78. The van der Waals surface area contributed by atoms with Gasteiger partial charge in [0.05, 0.1) is 23.4 Å². The first-order valence-corrected chi connectivity index (χ1v) is 12.4. The Morgan fingerprint density at radius 3 is 2.27 bits per heavy atom. The number of hydrogen-bond donors (Lipinski definition) is 0. The molecule has 0 saturated heterocycles. The van der Waals surface area contributed by atoms with Gasteiger partial charge in [0.25, 0.3) is 5.91 Å². The molecule has 0 atom stereocenters. The predicted octanol–water partition coefficient (Wildman–Crippen LogP) is 6.50. The summed E-state index contributed by atoms with van der Waals surface area (Å²) in [7, 11) is 0. The molecule has 0 aliphatic rings. The van der Waals surface area contributed by atoms with Crippen molar-refractivity contribution in [2.75, 3.05) is 13.2 Å². The first-order chi connectivity index (χ1) is 18.0. The van der Waals surface area contributed by atoms with E-state index in [2.05, 4.69) is 17.3 Å². The van der Waals surface area contributed by atoms with Crippen LogP contribution in [0, 0.1) is 0 Å². The molecule has 0 bridgehead atoms. The number of carbonyl (C=O) groups is 2. The number of rotatable bonds is 7. The molecule has 5 rings (SSSR count). The van der Waals surface area contributed by atoms with E-state index in [1.165, 1.54) is 6.92 Å². The highest BCUT2D eigenvalue weighted by atomic mass is 16.7. The molecule has 6 heteroatoms. The van der Waals surface area contributed by atoms with Gasteiger partial charge in [-0.2, -0.15) is 0 Å². The topological polar surface area (TPSA) is 69.9 Å². The van der Waals surface area contributed by atoms with Crippen LogP contribution in [0.15, 0.2) is 84.0 Å². The van der Waals surface area contributed by atoms with Crippen molar-refractivity contribution in [2.24, 2.45) is 5.16 Å². The van der Waals surface area contributed by atoms with Crippen molar-refractivity contribution in [3.63, 3.8) is 0 Å². The van der Waals surface area contributed by atoms with Crippen molar-refractivity contribution in [3.8, 4) is 0 Å². The quantitative estimate of drug-likeness (QED) is 0.113. The Labute approximate surface area is 215 Å². The van der Waals surface area contributed by atoms with Crippen LogP contribution >= 0.6 is 0 Å². The summed E-state index contributed by atoms with van der Waals surface area (Å²) in [6.07, 6.45) is 0.779. The van der Waals surface area contributed by atoms with E-state index < -0.39 is 5.97 Å². The second-order valence-corrected chi connectivity index (χ2v) is 8.99. The zero-order chi connectivity index (χ0) is 25.9. The molecule has 5 aromatic rings. The first kappa shape index (κ1) is 24.4. The molecule has 186 valence electrons. The lowest BCUT2D eigenvalue weighted by Crippen LogP contribution is -2.11. The minimum absolute atomic E-state index is 0.0918. The Bertz CT molecular complexity index is 1680. The van der Waals surface area contributed by atoms with Crippen LogP contribution in [0.4, 0.5) is 0 Å². The summed E-state index contributed by atoms with van der Waals surface area (Å²) in [4.78, 5) is 30.0. The van der Waals surface area contributed by atoms with Gasteiger partial charge in [-0.15, -0.1) is 0 Å². The second kappa shape index (κ2) is 10.4. The third-order valence-corrected chi connectivity index (χ3v) is 6.50. The Morgan fingerprint density at radius 1 is 0.811 bits per heavy atom. The Hall–Kier alpha value is -4.29. The number of benzene rings is 4. The van der Waals surface area contributed by atoms with Crippen molar-refractivity contribution in [1.29, 1.82) is 0 Å². The molecular formula is C31H28N2O4. The van der Waals surface area contributed by atoms with E-state index in [0.29, 0.717) is 24.5 Å². The fourth-order valence-corrected chi connectivity index (χ4v) is 4.64. The molecule has 0 aliphatic carbocycles. The molecule has 37 heavy (non-hydrogen) atoms. The number of aromatic nitrogens is 1. The van der Waals surface area contributed by atoms with Gasteiger partial charge in [0, 0.05) is 29.9 Å². The van der Waals surface area contributed by atoms with Gasteiger partial charge >= 0.3 is 5.97 Å². The van der Waals surface area contributed by atoms with Crippen LogP contribution in [-0.4, -0.2) is 35.4 Å². The Kier molecular flexibility index (Phi) is 6.84. The minimum atomic E-state index is -0.475. The fraction of sp³-hybridized carbons (Fsp3) is 0.194. The molecule has 6 nitrogen and oxygen atoms in total. The van der Waals surface area contributed by atoms with E-state index >= 15 is 0 Å². The lowest BCUT2D eigenvalue weighted by atomic mass is 10.0. The highest BCUT2D eigenvalue weighted by molar-refractivity contribution is 6.18. The van der Waals surface area contributed by atoms with Gasteiger partial charge in [-0.25, -0.2) is 4.79 Å². The van der Waals surface area contributed by atoms with Crippen LogP contribution in [0.2, 0.25) is 0 Å². The van der Waals surface area contributed by atoms with E-state index in [1.807, 2.05) is 73.7 Å². The van der Waals surface area contributed by atoms with E-state index in [0.717, 1.165) is 50.1 Å². The number of oxime groups is 1. The summed E-state index contributed by atoms with van der Waals surface area (Å²) in [5, 5.41) is 7.95. The molecule has 0 saturated carbocycles. The zero-order valence-corrected chi connectivity index (χ0v) is 21.2. The maximum atomic E-state index is 13.9. The largest absolute Gasteiger partial charge is 0.381 e. The number of ether oxygens (including phenoxy) is 1. The number of hydrogen-bond acceptors (Lipinski definition) is 5. The lowest BCUT2D eigenvalue weighted by molar-refractivity contribution is -0.140. The molecular weight excluding hydrogens is 464 g/mol. The standard InChI is InChI=1S/C31H28N2O4/c1-4-36-16-15-22-9-13-29-27(17-22)28-19-24(20(2)32-37-21(3)34)12-14-30(28)33(29)31(35)26-11-10-23-7-5-6-8-25(23)18-26/h5-14,17-19H,4,15-16H2,1-3H3/b32-20-. The van der Waals surface area contributed by atoms with Crippen LogP contribution in [0.3, 0.4) is 0 Å². The average molecular weight is 493 g/mol. The van der Waals surface area contributed by atoms with E-state index in [4.69, 9.17) is 9.57 Å². The van der Waals surface area contributed by atoms with Crippen LogP contribution in [0.5, 0.6) is 0 Å². The van der Waals surface area contributed by atoms with Crippen LogP contribution in [0.1, 0.15) is 42.3 Å². The van der Waals surface area contributed by atoms with E-state index in [9.17, 15) is 9.59 Å². The molecule has 0 fully saturated rings. The van der Waals surface area contributed by atoms with Gasteiger partial charge < -0.3 is 9.57 Å². The summed E-state index contributed by atoms with van der Waals surface area (Å²) in [5.74, 6) is -0.567.